The van der Waals surface area contributed by atoms with Gasteiger partial charge in [-0.25, -0.2) is 0 Å². The van der Waals surface area contributed by atoms with E-state index in [2.05, 4.69) is 59.0 Å². The van der Waals surface area contributed by atoms with Crippen LogP contribution in [0.4, 0.5) is 0 Å². The average Bonchev–Trinajstić information content (AvgIpc) is 3.23. The number of halogens is 1. The van der Waals surface area contributed by atoms with Gasteiger partial charge in [-0.15, -0.1) is 24.2 Å². The molecular weight excluding hydrogens is 328 g/mol. The Morgan fingerprint density at radius 2 is 1.83 bits per heavy atom. The SMILES string of the molecule is CSc1ccc(-c2ccc3oc(C4=NCCN4)cc3c2)cc1.Cl. The van der Waals surface area contributed by atoms with Crippen LogP contribution in [-0.4, -0.2) is 25.2 Å². The molecule has 4 rings (SSSR count). The molecule has 118 valence electrons. The maximum atomic E-state index is 5.88. The molecule has 0 amide bonds. The summed E-state index contributed by atoms with van der Waals surface area (Å²) in [5.41, 5.74) is 3.32. The third-order valence-corrected chi connectivity index (χ3v) is 4.59. The molecule has 2 aromatic carbocycles. The second kappa shape index (κ2) is 6.69. The topological polar surface area (TPSA) is 37.5 Å². The molecule has 0 saturated heterocycles. The number of benzene rings is 2. The minimum absolute atomic E-state index is 0. The summed E-state index contributed by atoms with van der Waals surface area (Å²) in [4.78, 5) is 5.69. The van der Waals surface area contributed by atoms with Gasteiger partial charge >= 0.3 is 0 Å². The smallest absolute Gasteiger partial charge is 0.170 e. The number of furan rings is 1. The van der Waals surface area contributed by atoms with Gasteiger partial charge < -0.3 is 9.73 Å². The van der Waals surface area contributed by atoms with E-state index < -0.39 is 0 Å². The molecule has 0 saturated carbocycles. The predicted molar refractivity (Wildman–Crippen MR) is 100 cm³/mol. The van der Waals surface area contributed by atoms with Gasteiger partial charge in [0.1, 0.15) is 5.58 Å². The van der Waals surface area contributed by atoms with Gasteiger partial charge in [-0.1, -0.05) is 18.2 Å². The number of amidine groups is 1. The van der Waals surface area contributed by atoms with E-state index in [0.717, 1.165) is 35.7 Å². The van der Waals surface area contributed by atoms with Crippen LogP contribution in [-0.2, 0) is 0 Å². The monoisotopic (exact) mass is 344 g/mol. The standard InChI is InChI=1S/C18H16N2OS.ClH/c1-22-15-5-2-12(3-6-15)13-4-7-16-14(10-13)11-17(21-16)18-19-8-9-20-18;/h2-7,10-11H,8-9H2,1H3,(H,19,20);1H. The van der Waals surface area contributed by atoms with Crippen molar-refractivity contribution in [1.82, 2.24) is 5.32 Å². The molecule has 1 aliphatic heterocycles. The number of rotatable bonds is 3. The first-order valence-electron chi connectivity index (χ1n) is 7.30. The third kappa shape index (κ3) is 3.09. The van der Waals surface area contributed by atoms with Crippen molar-refractivity contribution in [3.05, 3.63) is 54.3 Å². The normalized spacial score (nSPS) is 13.5. The van der Waals surface area contributed by atoms with Crippen molar-refractivity contribution in [1.29, 1.82) is 0 Å². The second-order valence-electron chi connectivity index (χ2n) is 5.25. The van der Waals surface area contributed by atoms with Crippen LogP contribution in [0.15, 0.2) is 62.8 Å². The number of thioether (sulfide) groups is 1. The molecule has 3 aromatic rings. The molecule has 1 aliphatic rings. The molecule has 0 bridgehead atoms. The third-order valence-electron chi connectivity index (χ3n) is 3.85. The molecule has 0 aliphatic carbocycles. The summed E-state index contributed by atoms with van der Waals surface area (Å²) in [5, 5.41) is 4.36. The van der Waals surface area contributed by atoms with E-state index in [0.29, 0.717) is 0 Å². The van der Waals surface area contributed by atoms with Gasteiger partial charge in [0.15, 0.2) is 11.6 Å². The van der Waals surface area contributed by atoms with Crippen molar-refractivity contribution in [3.8, 4) is 11.1 Å². The fourth-order valence-corrected chi connectivity index (χ4v) is 3.09. The summed E-state index contributed by atoms with van der Waals surface area (Å²) in [5.74, 6) is 1.68. The van der Waals surface area contributed by atoms with E-state index in [4.69, 9.17) is 4.42 Å². The molecule has 0 radical (unpaired) electrons. The van der Waals surface area contributed by atoms with Crippen molar-refractivity contribution >= 4 is 41.0 Å². The van der Waals surface area contributed by atoms with Crippen LogP contribution in [0.5, 0.6) is 0 Å². The number of hydrogen-bond acceptors (Lipinski definition) is 4. The summed E-state index contributed by atoms with van der Waals surface area (Å²) >= 11 is 1.76. The van der Waals surface area contributed by atoms with E-state index in [-0.39, 0.29) is 12.4 Å². The molecule has 2 heterocycles. The molecule has 0 spiro atoms. The number of nitrogens with one attached hydrogen (secondary N) is 1. The van der Waals surface area contributed by atoms with Crippen LogP contribution in [0.25, 0.3) is 22.1 Å². The van der Waals surface area contributed by atoms with Crippen molar-refractivity contribution in [3.63, 3.8) is 0 Å². The fourth-order valence-electron chi connectivity index (χ4n) is 2.69. The fraction of sp³-hybridized carbons (Fsp3) is 0.167. The Bertz CT molecular complexity index is 855. The van der Waals surface area contributed by atoms with Gasteiger partial charge in [0, 0.05) is 16.8 Å². The molecule has 0 unspecified atom stereocenters. The summed E-state index contributed by atoms with van der Waals surface area (Å²) in [6.07, 6.45) is 2.09. The highest BCUT2D eigenvalue weighted by molar-refractivity contribution is 7.98. The molecule has 0 atom stereocenters. The van der Waals surface area contributed by atoms with Crippen molar-refractivity contribution in [2.24, 2.45) is 4.99 Å². The van der Waals surface area contributed by atoms with Crippen molar-refractivity contribution < 1.29 is 4.42 Å². The average molecular weight is 345 g/mol. The first-order valence-corrected chi connectivity index (χ1v) is 8.53. The van der Waals surface area contributed by atoms with Gasteiger partial charge in [0.05, 0.1) is 6.54 Å². The maximum Gasteiger partial charge on any atom is 0.170 e. The highest BCUT2D eigenvalue weighted by Gasteiger charge is 2.13. The predicted octanol–water partition coefficient (Wildman–Crippen LogP) is 4.59. The van der Waals surface area contributed by atoms with Gasteiger partial charge in [0.25, 0.3) is 0 Å². The largest absolute Gasteiger partial charge is 0.453 e. The number of nitrogens with zero attached hydrogens (tertiary/aromatic N) is 1. The van der Waals surface area contributed by atoms with Gasteiger partial charge in [-0.05, 0) is 47.7 Å². The molecule has 3 nitrogen and oxygen atoms in total. The zero-order chi connectivity index (χ0) is 14.9. The molecule has 5 heteroatoms. The molecule has 23 heavy (non-hydrogen) atoms. The highest BCUT2D eigenvalue weighted by atomic mass is 35.5. The Morgan fingerprint density at radius 3 is 2.52 bits per heavy atom. The first-order chi connectivity index (χ1) is 10.8. The Kier molecular flexibility index (Phi) is 4.64. The van der Waals surface area contributed by atoms with E-state index in [1.54, 1.807) is 11.8 Å². The van der Waals surface area contributed by atoms with Crippen LogP contribution in [0.3, 0.4) is 0 Å². The summed E-state index contributed by atoms with van der Waals surface area (Å²) < 4.78 is 5.88. The Morgan fingerprint density at radius 1 is 1.04 bits per heavy atom. The Labute approximate surface area is 145 Å². The molecule has 1 aromatic heterocycles. The lowest BCUT2D eigenvalue weighted by atomic mass is 10.0. The van der Waals surface area contributed by atoms with E-state index in [1.807, 2.05) is 6.07 Å². The molecular formula is C18H17ClN2OS. The first kappa shape index (κ1) is 16.0. The van der Waals surface area contributed by atoms with E-state index in [9.17, 15) is 0 Å². The second-order valence-corrected chi connectivity index (χ2v) is 6.13. The van der Waals surface area contributed by atoms with Crippen LogP contribution >= 0.6 is 24.2 Å². The van der Waals surface area contributed by atoms with Gasteiger partial charge in [-0.2, -0.15) is 0 Å². The molecule has 0 fully saturated rings. The van der Waals surface area contributed by atoms with Crippen LogP contribution < -0.4 is 5.32 Å². The van der Waals surface area contributed by atoms with Crippen molar-refractivity contribution in [2.45, 2.75) is 4.90 Å². The minimum Gasteiger partial charge on any atom is -0.453 e. The Hall–Kier alpha value is -1.91. The van der Waals surface area contributed by atoms with Crippen molar-refractivity contribution in [2.75, 3.05) is 19.3 Å². The Balaban J connectivity index is 0.00000156. The van der Waals surface area contributed by atoms with Crippen LogP contribution in [0.2, 0.25) is 0 Å². The number of aliphatic imine (C=N–C) groups is 1. The lowest BCUT2D eigenvalue weighted by Gasteiger charge is -2.03. The minimum atomic E-state index is 0. The quantitative estimate of drug-likeness (QED) is 0.706. The van der Waals surface area contributed by atoms with Gasteiger partial charge in [-0.3, -0.25) is 4.99 Å². The summed E-state index contributed by atoms with van der Waals surface area (Å²) in [6.45, 7) is 1.71. The van der Waals surface area contributed by atoms with E-state index >= 15 is 0 Å². The van der Waals surface area contributed by atoms with Gasteiger partial charge in [0.2, 0.25) is 0 Å². The zero-order valence-corrected chi connectivity index (χ0v) is 14.3. The lowest BCUT2D eigenvalue weighted by molar-refractivity contribution is 0.602. The lowest BCUT2D eigenvalue weighted by Crippen LogP contribution is -2.18. The van der Waals surface area contributed by atoms with Crippen LogP contribution in [0, 0.1) is 0 Å². The van der Waals surface area contributed by atoms with Crippen LogP contribution in [0.1, 0.15) is 5.76 Å². The number of hydrogen-bond donors (Lipinski definition) is 1. The zero-order valence-electron chi connectivity index (χ0n) is 12.7. The van der Waals surface area contributed by atoms with E-state index in [1.165, 1.54) is 16.0 Å². The maximum absolute atomic E-state index is 5.88. The summed E-state index contributed by atoms with van der Waals surface area (Å²) in [6, 6.07) is 17.0. The molecule has 1 N–H and O–H groups in total. The number of fused-ring (bicyclic) bond motifs is 1. The highest BCUT2D eigenvalue weighted by Crippen LogP contribution is 2.28. The summed E-state index contributed by atoms with van der Waals surface area (Å²) in [7, 11) is 0.